The number of hydrogen-bond donors (Lipinski definition) is 3. The van der Waals surface area contributed by atoms with Gasteiger partial charge in [-0.3, -0.25) is 37.3 Å². The summed E-state index contributed by atoms with van der Waals surface area (Å²) in [6.07, 6.45) is 54.4. The van der Waals surface area contributed by atoms with Gasteiger partial charge in [-0.1, -0.05) is 344 Å². The molecule has 0 aromatic heterocycles. The van der Waals surface area contributed by atoms with Gasteiger partial charge in [-0.25, -0.2) is 9.13 Å². The molecule has 19 heteroatoms. The van der Waals surface area contributed by atoms with Crippen molar-refractivity contribution in [3.63, 3.8) is 0 Å². The van der Waals surface area contributed by atoms with E-state index >= 15 is 0 Å². The molecule has 0 aliphatic heterocycles. The lowest BCUT2D eigenvalue weighted by atomic mass is 9.99. The van der Waals surface area contributed by atoms with Crippen LogP contribution in [0.4, 0.5) is 0 Å². The van der Waals surface area contributed by atoms with Crippen LogP contribution in [0.2, 0.25) is 0 Å². The topological polar surface area (TPSA) is 237 Å². The van der Waals surface area contributed by atoms with Gasteiger partial charge in [-0.2, -0.15) is 0 Å². The second-order valence-electron chi connectivity index (χ2n) is 28.9. The summed E-state index contributed by atoms with van der Waals surface area (Å²) in [7, 11) is -9.91. The van der Waals surface area contributed by atoms with Crippen molar-refractivity contribution in [2.75, 3.05) is 39.6 Å². The molecule has 0 aromatic rings. The highest BCUT2D eigenvalue weighted by atomic mass is 31.2. The van der Waals surface area contributed by atoms with Crippen molar-refractivity contribution < 1.29 is 80.2 Å². The SMILES string of the molecule is CCCCCCCCCCCCCCCCCCCCCCCC(=O)O[C@H](COC(=O)CCCCCCCCCCCCCC(C)C)COP(=O)(O)OC[C@@H](O)COP(=O)(O)OC[C@@H](COC(=O)CCCCCCCCC(C)C)OC(=O)CCCCCCCCCCC(C)CC. The van der Waals surface area contributed by atoms with Crippen molar-refractivity contribution in [3.8, 4) is 0 Å². The maximum atomic E-state index is 13.1. The summed E-state index contributed by atoms with van der Waals surface area (Å²) in [5.74, 6) is 0.0983. The molecule has 96 heavy (non-hydrogen) atoms. The first-order valence-electron chi connectivity index (χ1n) is 39.9. The second kappa shape index (κ2) is 67.5. The number of phosphoric acid groups is 2. The first-order valence-corrected chi connectivity index (χ1v) is 42.9. The third-order valence-electron chi connectivity index (χ3n) is 18.2. The summed E-state index contributed by atoms with van der Waals surface area (Å²) < 4.78 is 68.5. The van der Waals surface area contributed by atoms with Crippen molar-refractivity contribution in [2.24, 2.45) is 17.8 Å². The largest absolute Gasteiger partial charge is 0.472 e. The van der Waals surface area contributed by atoms with Gasteiger partial charge in [0.25, 0.3) is 0 Å². The Morgan fingerprint density at radius 2 is 0.531 bits per heavy atom. The Morgan fingerprint density at radius 1 is 0.302 bits per heavy atom. The van der Waals surface area contributed by atoms with Crippen molar-refractivity contribution in [2.45, 2.75) is 414 Å². The summed E-state index contributed by atoms with van der Waals surface area (Å²) >= 11 is 0. The maximum Gasteiger partial charge on any atom is 0.472 e. The predicted molar refractivity (Wildman–Crippen MR) is 391 cm³/mol. The molecular formula is C77H150O17P2. The van der Waals surface area contributed by atoms with Gasteiger partial charge in [0.05, 0.1) is 26.4 Å². The van der Waals surface area contributed by atoms with Gasteiger partial charge >= 0.3 is 39.5 Å². The van der Waals surface area contributed by atoms with E-state index in [-0.39, 0.29) is 25.7 Å². The molecule has 0 aromatic carbocycles. The molecule has 0 spiro atoms. The first kappa shape index (κ1) is 94.1. The highest BCUT2D eigenvalue weighted by molar-refractivity contribution is 7.47. The number of aliphatic hydroxyl groups is 1. The fraction of sp³-hybridized carbons (Fsp3) is 0.948. The van der Waals surface area contributed by atoms with E-state index in [9.17, 15) is 43.2 Å². The average Bonchev–Trinajstić information content (AvgIpc) is 3.24. The third-order valence-corrected chi connectivity index (χ3v) is 20.1. The van der Waals surface area contributed by atoms with E-state index in [2.05, 4.69) is 48.5 Å². The standard InChI is InChI=1S/C77H150O17P2/c1-8-10-11-12-13-14-15-16-17-18-19-20-21-22-23-24-27-31-37-46-53-60-76(81)93-72(64-87-74(79)58-51-44-36-30-28-25-26-29-34-41-48-55-68(3)4)66-91-95(83,84)89-62-71(78)63-90-96(85,86)92-67-73(65-88-75(80)59-52-45-40-39-42-49-56-69(5)6)94-77(82)61-54-47-38-33-32-35-43-50-57-70(7)9-2/h68-73,78H,8-67H2,1-7H3,(H,83,84)(H,85,86)/t70?,71-,72-,73-/m1/s1. The van der Waals surface area contributed by atoms with Crippen LogP contribution in [0.15, 0.2) is 0 Å². The number of aliphatic hydroxyl groups excluding tert-OH is 1. The number of hydrogen-bond acceptors (Lipinski definition) is 15. The zero-order valence-electron chi connectivity index (χ0n) is 62.8. The van der Waals surface area contributed by atoms with Crippen LogP contribution in [0.3, 0.4) is 0 Å². The first-order chi connectivity index (χ1) is 46.3. The zero-order valence-corrected chi connectivity index (χ0v) is 64.6. The van der Waals surface area contributed by atoms with E-state index in [1.807, 2.05) is 0 Å². The molecule has 0 rings (SSSR count). The molecular weight excluding hydrogens is 1260 g/mol. The average molecular weight is 1410 g/mol. The van der Waals surface area contributed by atoms with Crippen molar-refractivity contribution in [1.82, 2.24) is 0 Å². The lowest BCUT2D eigenvalue weighted by Gasteiger charge is -2.21. The monoisotopic (exact) mass is 1410 g/mol. The predicted octanol–water partition coefficient (Wildman–Crippen LogP) is 22.6. The van der Waals surface area contributed by atoms with E-state index in [1.165, 1.54) is 199 Å². The quantitative estimate of drug-likeness (QED) is 0.0222. The smallest absolute Gasteiger partial charge is 0.462 e. The summed E-state index contributed by atoms with van der Waals surface area (Å²) in [6, 6.07) is 0. The van der Waals surface area contributed by atoms with Crippen LogP contribution in [-0.4, -0.2) is 96.7 Å². The Morgan fingerprint density at radius 3 is 0.792 bits per heavy atom. The molecule has 0 fully saturated rings. The van der Waals surface area contributed by atoms with Crippen LogP contribution in [0.25, 0.3) is 0 Å². The summed E-state index contributed by atoms with van der Waals surface area (Å²) in [6.45, 7) is 11.8. The minimum atomic E-state index is -4.96. The molecule has 0 amide bonds. The number of rotatable bonds is 75. The van der Waals surface area contributed by atoms with Gasteiger partial charge in [0.15, 0.2) is 12.2 Å². The summed E-state index contributed by atoms with van der Waals surface area (Å²) in [4.78, 5) is 72.8. The molecule has 0 saturated heterocycles. The van der Waals surface area contributed by atoms with Crippen LogP contribution in [0.1, 0.15) is 395 Å². The highest BCUT2D eigenvalue weighted by Crippen LogP contribution is 2.45. The molecule has 0 aliphatic rings. The second-order valence-corrected chi connectivity index (χ2v) is 31.8. The Kier molecular flexibility index (Phi) is 66.2. The van der Waals surface area contributed by atoms with Crippen LogP contribution >= 0.6 is 15.6 Å². The highest BCUT2D eigenvalue weighted by Gasteiger charge is 2.30. The van der Waals surface area contributed by atoms with Crippen LogP contribution < -0.4 is 0 Å². The fourth-order valence-electron chi connectivity index (χ4n) is 11.7. The minimum absolute atomic E-state index is 0.104. The Balaban J connectivity index is 5.20. The molecule has 0 radical (unpaired) electrons. The van der Waals surface area contributed by atoms with E-state index in [0.29, 0.717) is 31.6 Å². The molecule has 3 unspecified atom stereocenters. The fourth-order valence-corrected chi connectivity index (χ4v) is 13.3. The Labute approximate surface area is 588 Å². The van der Waals surface area contributed by atoms with Gasteiger partial charge < -0.3 is 33.8 Å². The van der Waals surface area contributed by atoms with Crippen LogP contribution in [-0.2, 0) is 65.4 Å². The van der Waals surface area contributed by atoms with Crippen molar-refractivity contribution >= 4 is 39.5 Å². The molecule has 0 bridgehead atoms. The molecule has 570 valence electrons. The summed E-state index contributed by atoms with van der Waals surface area (Å²) in [5, 5.41) is 10.6. The number of ether oxygens (including phenoxy) is 4. The normalized spacial score (nSPS) is 14.3. The molecule has 6 atom stereocenters. The van der Waals surface area contributed by atoms with Gasteiger partial charge in [-0.05, 0) is 43.4 Å². The van der Waals surface area contributed by atoms with Crippen molar-refractivity contribution in [3.05, 3.63) is 0 Å². The molecule has 0 saturated carbocycles. The molecule has 0 heterocycles. The number of unbranched alkanes of at least 4 members (excludes halogenated alkanes) is 42. The third kappa shape index (κ3) is 69.2. The zero-order chi connectivity index (χ0) is 70.9. The molecule has 3 N–H and O–H groups in total. The van der Waals surface area contributed by atoms with Crippen LogP contribution in [0, 0.1) is 17.8 Å². The molecule has 17 nitrogen and oxygen atoms in total. The summed E-state index contributed by atoms with van der Waals surface area (Å²) in [5.41, 5.74) is 0. The van der Waals surface area contributed by atoms with E-state index < -0.39 is 97.5 Å². The van der Waals surface area contributed by atoms with Gasteiger partial charge in [0.2, 0.25) is 0 Å². The van der Waals surface area contributed by atoms with Crippen molar-refractivity contribution in [1.29, 1.82) is 0 Å². The lowest BCUT2D eigenvalue weighted by molar-refractivity contribution is -0.161. The minimum Gasteiger partial charge on any atom is -0.462 e. The van der Waals surface area contributed by atoms with Crippen LogP contribution in [0.5, 0.6) is 0 Å². The maximum absolute atomic E-state index is 13.1. The number of esters is 4. The Hall–Kier alpha value is -1.94. The molecule has 0 aliphatic carbocycles. The van der Waals surface area contributed by atoms with E-state index in [4.69, 9.17) is 37.0 Å². The lowest BCUT2D eigenvalue weighted by Crippen LogP contribution is -2.30. The van der Waals surface area contributed by atoms with E-state index in [0.717, 1.165) is 108 Å². The number of carbonyl (C=O) groups is 4. The van der Waals surface area contributed by atoms with Gasteiger partial charge in [-0.15, -0.1) is 0 Å². The number of carbonyl (C=O) groups excluding carboxylic acids is 4. The number of phosphoric ester groups is 2. The Bertz CT molecular complexity index is 1870. The van der Waals surface area contributed by atoms with Gasteiger partial charge in [0, 0.05) is 25.7 Å². The van der Waals surface area contributed by atoms with E-state index in [1.54, 1.807) is 0 Å². The van der Waals surface area contributed by atoms with Gasteiger partial charge in [0.1, 0.15) is 19.3 Å².